The van der Waals surface area contributed by atoms with Crippen LogP contribution in [0.25, 0.3) is 0 Å². The maximum Gasteiger partial charge on any atom is 0.113 e. The molecule has 1 aromatic heterocycles. The molecule has 0 radical (unpaired) electrons. The summed E-state index contributed by atoms with van der Waals surface area (Å²) in [5, 5.41) is 16.3. The lowest BCUT2D eigenvalue weighted by Crippen LogP contribution is -2.43. The fraction of sp³-hybridized carbons (Fsp3) is 0.600. The summed E-state index contributed by atoms with van der Waals surface area (Å²) in [5.41, 5.74) is -0.463. The monoisotopic (exact) mass is 224 g/mol. The van der Waals surface area contributed by atoms with Gasteiger partial charge >= 0.3 is 0 Å². The van der Waals surface area contributed by atoms with Crippen LogP contribution in [0.15, 0.2) is 17.3 Å². The molecular formula is C10H16N4S. The first kappa shape index (κ1) is 12.1. The number of rotatable bonds is 5. The van der Waals surface area contributed by atoms with Crippen molar-refractivity contribution < 1.29 is 0 Å². The molecule has 1 aromatic rings. The first-order chi connectivity index (χ1) is 7.09. The Morgan fingerprint density at radius 2 is 2.47 bits per heavy atom. The van der Waals surface area contributed by atoms with E-state index in [1.54, 1.807) is 16.4 Å². The smallest absolute Gasteiger partial charge is 0.113 e. The second-order valence-electron chi connectivity index (χ2n) is 3.61. The maximum atomic E-state index is 9.05. The summed E-state index contributed by atoms with van der Waals surface area (Å²) >= 11 is 1.64. The molecule has 1 N–H and O–H groups in total. The second kappa shape index (κ2) is 5.19. The van der Waals surface area contributed by atoms with Gasteiger partial charge in [-0.1, -0.05) is 6.92 Å². The molecule has 0 aliphatic rings. The molecule has 0 fully saturated rings. The van der Waals surface area contributed by atoms with Gasteiger partial charge in [-0.25, -0.2) is 0 Å². The Morgan fingerprint density at radius 1 is 1.73 bits per heavy atom. The Morgan fingerprint density at radius 3 is 2.93 bits per heavy atom. The zero-order valence-electron chi connectivity index (χ0n) is 9.32. The summed E-state index contributed by atoms with van der Waals surface area (Å²) in [4.78, 5) is 1.09. The Bertz CT molecular complexity index is 355. The first-order valence-electron chi connectivity index (χ1n) is 4.87. The van der Waals surface area contributed by atoms with Crippen LogP contribution in [0, 0.1) is 11.3 Å². The van der Waals surface area contributed by atoms with Gasteiger partial charge in [0.15, 0.2) is 0 Å². The lowest BCUT2D eigenvalue weighted by atomic mass is 10.1. The van der Waals surface area contributed by atoms with Crippen LogP contribution in [0.3, 0.4) is 0 Å². The largest absolute Gasteiger partial charge is 0.299 e. The van der Waals surface area contributed by atoms with Gasteiger partial charge in [0.25, 0.3) is 0 Å². The zero-order valence-corrected chi connectivity index (χ0v) is 10.1. The third-order valence-electron chi connectivity index (χ3n) is 2.02. The minimum Gasteiger partial charge on any atom is -0.299 e. The standard InChI is InChI=1S/C10H16N4S/c1-4-12-10(2,7-11)8-15-9-5-13-14(3)6-9/h5-6,12H,4,8H2,1-3H3. The number of hydrogen-bond donors (Lipinski definition) is 1. The Hall–Kier alpha value is -0.990. The number of nitrogens with one attached hydrogen (secondary N) is 1. The summed E-state index contributed by atoms with van der Waals surface area (Å²) in [6, 6.07) is 2.30. The molecule has 5 heteroatoms. The van der Waals surface area contributed by atoms with Gasteiger partial charge < -0.3 is 0 Å². The van der Waals surface area contributed by atoms with E-state index in [2.05, 4.69) is 16.5 Å². The number of aromatic nitrogens is 2. The second-order valence-corrected chi connectivity index (χ2v) is 4.66. The van der Waals surface area contributed by atoms with Crippen LogP contribution >= 0.6 is 11.8 Å². The lowest BCUT2D eigenvalue weighted by molar-refractivity contribution is 0.511. The number of nitriles is 1. The lowest BCUT2D eigenvalue weighted by Gasteiger charge is -2.21. The molecule has 4 nitrogen and oxygen atoms in total. The number of hydrogen-bond acceptors (Lipinski definition) is 4. The van der Waals surface area contributed by atoms with Gasteiger partial charge in [-0.05, 0) is 13.5 Å². The molecule has 1 unspecified atom stereocenters. The van der Waals surface area contributed by atoms with Crippen LogP contribution in [-0.2, 0) is 7.05 Å². The number of nitrogens with zero attached hydrogens (tertiary/aromatic N) is 3. The third kappa shape index (κ3) is 3.57. The number of thioether (sulfide) groups is 1. The quantitative estimate of drug-likeness (QED) is 0.768. The Kier molecular flexibility index (Phi) is 4.18. The third-order valence-corrected chi connectivity index (χ3v) is 3.29. The van der Waals surface area contributed by atoms with Gasteiger partial charge in [-0.15, -0.1) is 11.8 Å². The summed E-state index contributed by atoms with van der Waals surface area (Å²) in [6.45, 7) is 4.72. The van der Waals surface area contributed by atoms with E-state index < -0.39 is 5.54 Å². The highest BCUT2D eigenvalue weighted by atomic mass is 32.2. The van der Waals surface area contributed by atoms with Crippen LogP contribution in [0.5, 0.6) is 0 Å². The van der Waals surface area contributed by atoms with E-state index in [4.69, 9.17) is 5.26 Å². The zero-order chi connectivity index (χ0) is 11.3. The summed E-state index contributed by atoms with van der Waals surface area (Å²) in [7, 11) is 1.89. The molecular weight excluding hydrogens is 208 g/mol. The molecule has 1 rings (SSSR count). The summed E-state index contributed by atoms with van der Waals surface area (Å²) < 4.78 is 1.76. The van der Waals surface area contributed by atoms with E-state index in [9.17, 15) is 0 Å². The van der Waals surface area contributed by atoms with E-state index >= 15 is 0 Å². The van der Waals surface area contributed by atoms with Gasteiger partial charge in [-0.2, -0.15) is 10.4 Å². The average molecular weight is 224 g/mol. The normalized spacial score (nSPS) is 14.5. The molecule has 0 aliphatic carbocycles. The van der Waals surface area contributed by atoms with Gasteiger partial charge in [-0.3, -0.25) is 10.00 Å². The van der Waals surface area contributed by atoms with Crippen molar-refractivity contribution in [1.82, 2.24) is 15.1 Å². The predicted molar refractivity (Wildman–Crippen MR) is 61.6 cm³/mol. The summed E-state index contributed by atoms with van der Waals surface area (Å²) in [6.07, 6.45) is 3.77. The van der Waals surface area contributed by atoms with E-state index in [1.165, 1.54) is 0 Å². The van der Waals surface area contributed by atoms with E-state index in [0.717, 1.165) is 17.2 Å². The van der Waals surface area contributed by atoms with Crippen LogP contribution in [0.4, 0.5) is 0 Å². The van der Waals surface area contributed by atoms with Crippen molar-refractivity contribution >= 4 is 11.8 Å². The van der Waals surface area contributed by atoms with Gasteiger partial charge in [0.2, 0.25) is 0 Å². The molecule has 0 aromatic carbocycles. The Balaban J connectivity index is 2.51. The predicted octanol–water partition coefficient (Wildman–Crippen LogP) is 1.40. The molecule has 0 amide bonds. The van der Waals surface area contributed by atoms with Crippen molar-refractivity contribution in [2.75, 3.05) is 12.3 Å². The van der Waals surface area contributed by atoms with Crippen molar-refractivity contribution in [2.45, 2.75) is 24.3 Å². The van der Waals surface area contributed by atoms with Crippen molar-refractivity contribution in [2.24, 2.45) is 7.05 Å². The molecule has 1 atom stereocenters. The first-order valence-corrected chi connectivity index (χ1v) is 5.86. The van der Waals surface area contributed by atoms with E-state index in [1.807, 2.05) is 33.3 Å². The molecule has 15 heavy (non-hydrogen) atoms. The highest BCUT2D eigenvalue weighted by molar-refractivity contribution is 7.99. The SMILES string of the molecule is CCNC(C)(C#N)CSc1cnn(C)c1. The molecule has 0 spiro atoms. The van der Waals surface area contributed by atoms with Gasteiger partial charge in [0, 0.05) is 23.9 Å². The fourth-order valence-corrected chi connectivity index (χ4v) is 2.18. The minimum atomic E-state index is -0.463. The van der Waals surface area contributed by atoms with Gasteiger partial charge in [0.05, 0.1) is 12.3 Å². The number of aryl methyl sites for hydroxylation is 1. The van der Waals surface area contributed by atoms with Crippen LogP contribution in [-0.4, -0.2) is 27.6 Å². The highest BCUT2D eigenvalue weighted by Crippen LogP contribution is 2.21. The minimum absolute atomic E-state index is 0.463. The molecule has 1 heterocycles. The molecule has 0 saturated carbocycles. The van der Waals surface area contributed by atoms with Gasteiger partial charge in [0.1, 0.15) is 5.54 Å². The van der Waals surface area contributed by atoms with Crippen LogP contribution < -0.4 is 5.32 Å². The van der Waals surface area contributed by atoms with Crippen molar-refractivity contribution in [3.05, 3.63) is 12.4 Å². The molecule has 0 bridgehead atoms. The molecule has 82 valence electrons. The van der Waals surface area contributed by atoms with Crippen molar-refractivity contribution in [3.63, 3.8) is 0 Å². The van der Waals surface area contributed by atoms with E-state index in [-0.39, 0.29) is 0 Å². The van der Waals surface area contributed by atoms with Crippen molar-refractivity contribution in [1.29, 1.82) is 5.26 Å². The topological polar surface area (TPSA) is 53.6 Å². The molecule has 0 aliphatic heterocycles. The summed E-state index contributed by atoms with van der Waals surface area (Å²) in [5.74, 6) is 0.725. The van der Waals surface area contributed by atoms with Crippen molar-refractivity contribution in [3.8, 4) is 6.07 Å². The maximum absolute atomic E-state index is 9.05. The molecule has 0 saturated heterocycles. The Labute approximate surface area is 94.7 Å². The average Bonchev–Trinajstić information content (AvgIpc) is 2.62. The highest BCUT2D eigenvalue weighted by Gasteiger charge is 2.22. The fourth-order valence-electron chi connectivity index (χ4n) is 1.21. The van der Waals surface area contributed by atoms with E-state index in [0.29, 0.717) is 0 Å². The van der Waals surface area contributed by atoms with Crippen LogP contribution in [0.2, 0.25) is 0 Å². The van der Waals surface area contributed by atoms with Crippen LogP contribution in [0.1, 0.15) is 13.8 Å².